The van der Waals surface area contributed by atoms with Crippen LogP contribution in [0.3, 0.4) is 0 Å². The van der Waals surface area contributed by atoms with Crippen LogP contribution < -0.4 is 10.6 Å². The molecular weight excluding hydrogens is 294 g/mol. The minimum Gasteiger partial charge on any atom is -0.355 e. The zero-order valence-corrected chi connectivity index (χ0v) is 13.6. The Morgan fingerprint density at radius 3 is 2.74 bits per heavy atom. The van der Waals surface area contributed by atoms with Crippen molar-refractivity contribution in [3.8, 4) is 0 Å². The van der Waals surface area contributed by atoms with Crippen LogP contribution in [-0.2, 0) is 9.59 Å². The van der Waals surface area contributed by atoms with Gasteiger partial charge in [-0.25, -0.2) is 0 Å². The quantitative estimate of drug-likeness (QED) is 0.888. The second kappa shape index (κ2) is 7.76. The number of likely N-dealkylation sites (tertiary alicyclic amines) is 1. The maximum absolute atomic E-state index is 12.4. The van der Waals surface area contributed by atoms with E-state index in [4.69, 9.17) is 0 Å². The van der Waals surface area contributed by atoms with Crippen LogP contribution in [-0.4, -0.2) is 42.3 Å². The van der Waals surface area contributed by atoms with E-state index in [1.165, 1.54) is 0 Å². The van der Waals surface area contributed by atoms with Gasteiger partial charge in [0.05, 0.1) is 0 Å². The van der Waals surface area contributed by atoms with E-state index in [-0.39, 0.29) is 17.7 Å². The molecular formula is C17H23N3O3. The van der Waals surface area contributed by atoms with E-state index in [0.717, 1.165) is 19.3 Å². The number of amides is 3. The van der Waals surface area contributed by atoms with E-state index in [1.807, 2.05) is 0 Å². The first kappa shape index (κ1) is 17.0. The summed E-state index contributed by atoms with van der Waals surface area (Å²) in [6.45, 7) is 2.35. The molecule has 0 radical (unpaired) electrons. The van der Waals surface area contributed by atoms with Gasteiger partial charge in [-0.1, -0.05) is 12.5 Å². The summed E-state index contributed by atoms with van der Waals surface area (Å²) in [4.78, 5) is 37.8. The van der Waals surface area contributed by atoms with Crippen LogP contribution in [0.2, 0.25) is 0 Å². The number of hydrogen-bond donors (Lipinski definition) is 2. The minimum atomic E-state index is -0.524. The number of carbonyl (C=O) groups excluding carboxylic acids is 3. The average molecular weight is 317 g/mol. The number of nitrogens with one attached hydrogen (secondary N) is 2. The molecule has 1 aliphatic rings. The van der Waals surface area contributed by atoms with Gasteiger partial charge < -0.3 is 15.5 Å². The van der Waals surface area contributed by atoms with E-state index in [2.05, 4.69) is 10.6 Å². The summed E-state index contributed by atoms with van der Waals surface area (Å²) in [5.74, 6) is -0.421. The third kappa shape index (κ3) is 4.31. The highest BCUT2D eigenvalue weighted by Gasteiger charge is 2.26. The zero-order valence-electron chi connectivity index (χ0n) is 13.6. The molecule has 6 heteroatoms. The van der Waals surface area contributed by atoms with Gasteiger partial charge in [0.25, 0.3) is 5.91 Å². The Morgan fingerprint density at radius 1 is 1.22 bits per heavy atom. The molecule has 124 valence electrons. The molecule has 0 spiro atoms. The number of rotatable bonds is 4. The zero-order chi connectivity index (χ0) is 16.8. The lowest BCUT2D eigenvalue weighted by atomic mass is 10.1. The third-order valence-corrected chi connectivity index (χ3v) is 4.08. The van der Waals surface area contributed by atoms with Crippen molar-refractivity contribution in [1.29, 1.82) is 0 Å². The van der Waals surface area contributed by atoms with Crippen molar-refractivity contribution in [3.63, 3.8) is 0 Å². The van der Waals surface area contributed by atoms with E-state index in [0.29, 0.717) is 24.2 Å². The molecule has 1 fully saturated rings. The molecule has 1 saturated heterocycles. The number of hydrogen-bond acceptors (Lipinski definition) is 3. The van der Waals surface area contributed by atoms with Crippen molar-refractivity contribution >= 4 is 23.4 Å². The lowest BCUT2D eigenvalue weighted by Crippen LogP contribution is -2.45. The summed E-state index contributed by atoms with van der Waals surface area (Å²) in [6, 6.07) is 6.21. The van der Waals surface area contributed by atoms with Crippen LogP contribution in [0.25, 0.3) is 0 Å². The fourth-order valence-corrected chi connectivity index (χ4v) is 2.68. The minimum absolute atomic E-state index is 0.0317. The average Bonchev–Trinajstić information content (AvgIpc) is 2.78. The van der Waals surface area contributed by atoms with Gasteiger partial charge in [-0.15, -0.1) is 0 Å². The Labute approximate surface area is 136 Å². The molecule has 2 N–H and O–H groups in total. The first-order chi connectivity index (χ1) is 11.0. The van der Waals surface area contributed by atoms with Gasteiger partial charge in [0.2, 0.25) is 11.8 Å². The fraction of sp³-hybridized carbons (Fsp3) is 0.471. The van der Waals surface area contributed by atoms with Gasteiger partial charge in [0.1, 0.15) is 6.04 Å². The summed E-state index contributed by atoms with van der Waals surface area (Å²) in [6.07, 6.45) is 3.34. The van der Waals surface area contributed by atoms with Crippen molar-refractivity contribution in [3.05, 3.63) is 29.8 Å². The summed E-state index contributed by atoms with van der Waals surface area (Å²) in [5.41, 5.74) is 1.02. The number of anilines is 1. The van der Waals surface area contributed by atoms with E-state index < -0.39 is 6.04 Å². The summed E-state index contributed by atoms with van der Waals surface area (Å²) in [7, 11) is 1.56. The monoisotopic (exact) mass is 317 g/mol. The lowest BCUT2D eigenvalue weighted by Gasteiger charge is -2.27. The molecule has 0 aliphatic carbocycles. The van der Waals surface area contributed by atoms with Gasteiger partial charge in [-0.05, 0) is 38.0 Å². The highest BCUT2D eigenvalue weighted by atomic mass is 16.2. The Morgan fingerprint density at radius 2 is 2.00 bits per heavy atom. The SMILES string of the molecule is CNC(=O)c1cccc(NC(=O)C(C)N2CCCCCC2=O)c1. The van der Waals surface area contributed by atoms with Crippen molar-refractivity contribution in [1.82, 2.24) is 10.2 Å². The second-order valence-corrected chi connectivity index (χ2v) is 5.72. The summed E-state index contributed by atoms with van der Waals surface area (Å²) >= 11 is 0. The van der Waals surface area contributed by atoms with Gasteiger partial charge in [0.15, 0.2) is 0 Å². The molecule has 1 aromatic rings. The third-order valence-electron chi connectivity index (χ3n) is 4.08. The molecule has 1 aliphatic heterocycles. The summed E-state index contributed by atoms with van der Waals surface area (Å²) < 4.78 is 0. The molecule has 1 aromatic carbocycles. The normalized spacial score (nSPS) is 16.4. The van der Waals surface area contributed by atoms with E-state index in [9.17, 15) is 14.4 Å². The number of nitrogens with zero attached hydrogens (tertiary/aromatic N) is 1. The smallest absolute Gasteiger partial charge is 0.251 e. The van der Waals surface area contributed by atoms with E-state index >= 15 is 0 Å². The Bertz CT molecular complexity index is 601. The first-order valence-electron chi connectivity index (χ1n) is 7.95. The second-order valence-electron chi connectivity index (χ2n) is 5.72. The standard InChI is InChI=1S/C17H23N3O3/c1-12(20-10-5-3-4-9-15(20)21)16(22)19-14-8-6-7-13(11-14)17(23)18-2/h6-8,11-12H,3-5,9-10H2,1-2H3,(H,18,23)(H,19,22). The van der Waals surface area contributed by atoms with Crippen molar-refractivity contribution < 1.29 is 14.4 Å². The van der Waals surface area contributed by atoms with Crippen molar-refractivity contribution in [2.75, 3.05) is 18.9 Å². The number of carbonyl (C=O) groups is 3. The predicted octanol–water partition coefficient (Wildman–Crippen LogP) is 1.78. The largest absolute Gasteiger partial charge is 0.355 e. The van der Waals surface area contributed by atoms with Gasteiger partial charge in [-0.3, -0.25) is 14.4 Å². The van der Waals surface area contributed by atoms with Crippen LogP contribution in [0.15, 0.2) is 24.3 Å². The fourth-order valence-electron chi connectivity index (χ4n) is 2.68. The van der Waals surface area contributed by atoms with Crippen LogP contribution in [0, 0.1) is 0 Å². The van der Waals surface area contributed by atoms with Gasteiger partial charge >= 0.3 is 0 Å². The van der Waals surface area contributed by atoms with Crippen LogP contribution in [0.5, 0.6) is 0 Å². The first-order valence-corrected chi connectivity index (χ1v) is 7.95. The van der Waals surface area contributed by atoms with Crippen molar-refractivity contribution in [2.24, 2.45) is 0 Å². The molecule has 6 nitrogen and oxygen atoms in total. The maximum Gasteiger partial charge on any atom is 0.251 e. The maximum atomic E-state index is 12.4. The van der Waals surface area contributed by atoms with Gasteiger partial charge in [-0.2, -0.15) is 0 Å². The van der Waals surface area contributed by atoms with Crippen LogP contribution >= 0.6 is 0 Å². The molecule has 1 heterocycles. The highest BCUT2D eigenvalue weighted by molar-refractivity contribution is 5.99. The van der Waals surface area contributed by atoms with Crippen LogP contribution in [0.1, 0.15) is 43.0 Å². The Hall–Kier alpha value is -2.37. The molecule has 0 bridgehead atoms. The van der Waals surface area contributed by atoms with Crippen molar-refractivity contribution in [2.45, 2.75) is 38.6 Å². The molecule has 1 unspecified atom stereocenters. The number of benzene rings is 1. The predicted molar refractivity (Wildman–Crippen MR) is 88.1 cm³/mol. The Balaban J connectivity index is 2.05. The molecule has 23 heavy (non-hydrogen) atoms. The van der Waals surface area contributed by atoms with Gasteiger partial charge in [0, 0.05) is 31.3 Å². The molecule has 2 rings (SSSR count). The molecule has 3 amide bonds. The van der Waals surface area contributed by atoms with Crippen LogP contribution in [0.4, 0.5) is 5.69 Å². The molecule has 0 aromatic heterocycles. The highest BCUT2D eigenvalue weighted by Crippen LogP contribution is 2.16. The molecule has 1 atom stereocenters. The van der Waals surface area contributed by atoms with E-state index in [1.54, 1.807) is 43.1 Å². The topological polar surface area (TPSA) is 78.5 Å². The lowest BCUT2D eigenvalue weighted by molar-refractivity contribution is -0.137. The molecule has 0 saturated carbocycles. The summed E-state index contributed by atoms with van der Waals surface area (Å²) in [5, 5.41) is 5.33. The Kier molecular flexibility index (Phi) is 5.73.